The van der Waals surface area contributed by atoms with Crippen LogP contribution in [-0.2, 0) is 0 Å². The van der Waals surface area contributed by atoms with Crippen molar-refractivity contribution in [3.8, 4) is 0 Å². The standard InChI is InChI=1S/C20H33NO/c1-18(2,3)14-17(19(4,5)6)15-10-12-16(13-11-15)21(22)20(7,8)9/h10-14,22H,1-9H3/b17-14+. The highest BCUT2D eigenvalue weighted by molar-refractivity contribution is 5.71. The Kier molecular flexibility index (Phi) is 5.18. The Labute approximate surface area is 136 Å². The maximum absolute atomic E-state index is 10.3. The SMILES string of the molecule is CC(C)(C)/C=C(\c1ccc(N(O)C(C)(C)C)cc1)C(C)(C)C. The topological polar surface area (TPSA) is 23.5 Å². The van der Waals surface area contributed by atoms with E-state index in [0.717, 1.165) is 5.69 Å². The number of anilines is 1. The fourth-order valence-electron chi connectivity index (χ4n) is 2.34. The molecule has 1 rings (SSSR count). The molecule has 2 heteroatoms. The maximum atomic E-state index is 10.3. The second-order valence-electron chi connectivity index (χ2n) is 9.20. The lowest BCUT2D eigenvalue weighted by molar-refractivity contribution is 0.181. The van der Waals surface area contributed by atoms with Gasteiger partial charge in [-0.3, -0.25) is 10.3 Å². The molecule has 0 saturated heterocycles. The van der Waals surface area contributed by atoms with Gasteiger partial charge in [-0.1, -0.05) is 59.8 Å². The van der Waals surface area contributed by atoms with E-state index in [9.17, 15) is 5.21 Å². The van der Waals surface area contributed by atoms with E-state index < -0.39 is 0 Å². The number of allylic oxidation sites excluding steroid dienone is 2. The van der Waals surface area contributed by atoms with Crippen molar-refractivity contribution in [3.05, 3.63) is 35.9 Å². The van der Waals surface area contributed by atoms with Crippen LogP contribution in [0, 0.1) is 10.8 Å². The maximum Gasteiger partial charge on any atom is 0.0640 e. The van der Waals surface area contributed by atoms with Crippen LogP contribution < -0.4 is 5.06 Å². The predicted octanol–water partition coefficient (Wildman–Crippen LogP) is 6.16. The van der Waals surface area contributed by atoms with E-state index >= 15 is 0 Å². The van der Waals surface area contributed by atoms with E-state index in [1.165, 1.54) is 16.2 Å². The van der Waals surface area contributed by atoms with Crippen molar-refractivity contribution in [2.45, 2.75) is 67.9 Å². The minimum atomic E-state index is -0.310. The Morgan fingerprint density at radius 2 is 1.32 bits per heavy atom. The normalized spacial score (nSPS) is 14.2. The van der Waals surface area contributed by atoms with Crippen molar-refractivity contribution in [2.24, 2.45) is 10.8 Å². The predicted molar refractivity (Wildman–Crippen MR) is 97.3 cm³/mol. The number of hydroxylamine groups is 1. The summed E-state index contributed by atoms with van der Waals surface area (Å²) in [7, 11) is 0. The molecule has 0 aliphatic carbocycles. The summed E-state index contributed by atoms with van der Waals surface area (Å²) in [5.41, 5.74) is 3.28. The Bertz CT molecular complexity index is 519. The summed E-state index contributed by atoms with van der Waals surface area (Å²) in [6.07, 6.45) is 2.35. The summed E-state index contributed by atoms with van der Waals surface area (Å²) in [5.74, 6) is 0. The van der Waals surface area contributed by atoms with Crippen LogP contribution in [0.3, 0.4) is 0 Å². The molecule has 22 heavy (non-hydrogen) atoms. The van der Waals surface area contributed by atoms with Crippen molar-refractivity contribution < 1.29 is 5.21 Å². The first-order chi connectivity index (χ1) is 9.72. The Morgan fingerprint density at radius 1 is 0.864 bits per heavy atom. The van der Waals surface area contributed by atoms with E-state index in [0.29, 0.717) is 0 Å². The van der Waals surface area contributed by atoms with Crippen LogP contribution in [0.2, 0.25) is 0 Å². The molecule has 1 aromatic carbocycles. The second-order valence-corrected chi connectivity index (χ2v) is 9.20. The molecule has 0 atom stereocenters. The summed E-state index contributed by atoms with van der Waals surface area (Å²) in [4.78, 5) is 0. The van der Waals surface area contributed by atoms with Gasteiger partial charge in [0.25, 0.3) is 0 Å². The van der Waals surface area contributed by atoms with Gasteiger partial charge >= 0.3 is 0 Å². The van der Waals surface area contributed by atoms with Crippen molar-refractivity contribution in [1.29, 1.82) is 0 Å². The van der Waals surface area contributed by atoms with E-state index in [1.54, 1.807) is 0 Å². The Morgan fingerprint density at radius 3 is 1.64 bits per heavy atom. The molecule has 0 fully saturated rings. The number of nitrogens with zero attached hydrogens (tertiary/aromatic N) is 1. The van der Waals surface area contributed by atoms with Gasteiger partial charge in [-0.25, -0.2) is 0 Å². The summed E-state index contributed by atoms with van der Waals surface area (Å²) in [6.45, 7) is 19.4. The molecule has 0 aliphatic rings. The number of benzene rings is 1. The zero-order valence-electron chi connectivity index (χ0n) is 15.8. The summed E-state index contributed by atoms with van der Waals surface area (Å²) in [5, 5.41) is 11.6. The van der Waals surface area contributed by atoms with E-state index in [1.807, 2.05) is 32.9 Å². The lowest BCUT2D eigenvalue weighted by Crippen LogP contribution is -2.38. The first-order valence-electron chi connectivity index (χ1n) is 8.05. The first-order valence-corrected chi connectivity index (χ1v) is 8.05. The molecule has 0 bridgehead atoms. The quantitative estimate of drug-likeness (QED) is 0.662. The van der Waals surface area contributed by atoms with Gasteiger partial charge in [0.2, 0.25) is 0 Å². The minimum Gasteiger partial charge on any atom is -0.288 e. The Hall–Kier alpha value is -1.28. The molecule has 2 nitrogen and oxygen atoms in total. The van der Waals surface area contributed by atoms with E-state index in [2.05, 4.69) is 59.8 Å². The zero-order valence-corrected chi connectivity index (χ0v) is 15.8. The lowest BCUT2D eigenvalue weighted by Gasteiger charge is -2.32. The number of hydrogen-bond acceptors (Lipinski definition) is 2. The molecule has 0 aromatic heterocycles. The van der Waals surface area contributed by atoms with E-state index in [4.69, 9.17) is 0 Å². The highest BCUT2D eigenvalue weighted by Gasteiger charge is 2.23. The highest BCUT2D eigenvalue weighted by atomic mass is 16.5. The van der Waals surface area contributed by atoms with Crippen molar-refractivity contribution in [3.63, 3.8) is 0 Å². The fourth-order valence-corrected chi connectivity index (χ4v) is 2.34. The van der Waals surface area contributed by atoms with Crippen molar-refractivity contribution >= 4 is 11.3 Å². The third kappa shape index (κ3) is 5.17. The van der Waals surface area contributed by atoms with Gasteiger partial charge in [0.05, 0.1) is 11.2 Å². The van der Waals surface area contributed by atoms with Crippen molar-refractivity contribution in [2.75, 3.05) is 5.06 Å². The van der Waals surface area contributed by atoms with Crippen LogP contribution >= 0.6 is 0 Å². The zero-order chi connectivity index (χ0) is 17.3. The number of rotatable bonds is 2. The van der Waals surface area contributed by atoms with Crippen LogP contribution in [0.1, 0.15) is 67.9 Å². The third-order valence-corrected chi connectivity index (χ3v) is 3.44. The van der Waals surface area contributed by atoms with Crippen LogP contribution in [0.25, 0.3) is 5.57 Å². The van der Waals surface area contributed by atoms with Crippen LogP contribution in [0.15, 0.2) is 30.3 Å². The van der Waals surface area contributed by atoms with Gasteiger partial charge in [0, 0.05) is 0 Å². The largest absolute Gasteiger partial charge is 0.288 e. The molecule has 0 heterocycles. The van der Waals surface area contributed by atoms with Gasteiger partial charge < -0.3 is 0 Å². The van der Waals surface area contributed by atoms with Gasteiger partial charge in [-0.15, -0.1) is 0 Å². The fraction of sp³-hybridized carbons (Fsp3) is 0.600. The van der Waals surface area contributed by atoms with Gasteiger partial charge in [0.1, 0.15) is 0 Å². The molecule has 1 aromatic rings. The molecular weight excluding hydrogens is 270 g/mol. The third-order valence-electron chi connectivity index (χ3n) is 3.44. The van der Waals surface area contributed by atoms with Gasteiger partial charge in [0.15, 0.2) is 0 Å². The summed E-state index contributed by atoms with van der Waals surface area (Å²) < 4.78 is 0. The van der Waals surface area contributed by atoms with Gasteiger partial charge in [-0.05, 0) is 54.9 Å². The summed E-state index contributed by atoms with van der Waals surface area (Å²) in [6, 6.07) is 8.19. The number of hydrogen-bond donors (Lipinski definition) is 1. The molecule has 0 radical (unpaired) electrons. The molecule has 0 unspecified atom stereocenters. The average Bonchev–Trinajstić information content (AvgIpc) is 2.32. The summed E-state index contributed by atoms with van der Waals surface area (Å²) >= 11 is 0. The molecule has 0 saturated carbocycles. The monoisotopic (exact) mass is 303 g/mol. The lowest BCUT2D eigenvalue weighted by atomic mass is 9.78. The molecule has 0 aliphatic heterocycles. The minimum absolute atomic E-state index is 0.0811. The molecule has 0 amide bonds. The van der Waals surface area contributed by atoms with E-state index in [-0.39, 0.29) is 16.4 Å². The molecule has 0 spiro atoms. The first kappa shape index (κ1) is 18.8. The highest BCUT2D eigenvalue weighted by Crippen LogP contribution is 2.38. The van der Waals surface area contributed by atoms with Crippen LogP contribution in [0.5, 0.6) is 0 Å². The molecular formula is C20H33NO. The Balaban J connectivity index is 3.23. The average molecular weight is 303 g/mol. The molecule has 124 valence electrons. The van der Waals surface area contributed by atoms with Crippen molar-refractivity contribution in [1.82, 2.24) is 0 Å². The smallest absolute Gasteiger partial charge is 0.0640 e. The van der Waals surface area contributed by atoms with Crippen LogP contribution in [0.4, 0.5) is 5.69 Å². The van der Waals surface area contributed by atoms with Crippen LogP contribution in [-0.4, -0.2) is 10.7 Å². The second kappa shape index (κ2) is 6.08. The van der Waals surface area contributed by atoms with Gasteiger partial charge in [-0.2, -0.15) is 0 Å². The molecule has 1 N–H and O–H groups in total.